The van der Waals surface area contributed by atoms with Crippen LogP contribution in [0.5, 0.6) is 0 Å². The van der Waals surface area contributed by atoms with Gasteiger partial charge in [0.2, 0.25) is 0 Å². The minimum Gasteiger partial charge on any atom is -0.389 e. The molecule has 0 aromatic heterocycles. The predicted molar refractivity (Wildman–Crippen MR) is 80.3 cm³/mol. The SMILES string of the molecule is CC1CCCC(OCC(O)CNCC(C)C(C)C)C1. The third-order valence-electron chi connectivity index (χ3n) is 4.40. The molecule has 1 aliphatic carbocycles. The lowest BCUT2D eigenvalue weighted by Gasteiger charge is -2.27. The van der Waals surface area contributed by atoms with Crippen molar-refractivity contribution >= 4 is 0 Å². The summed E-state index contributed by atoms with van der Waals surface area (Å²) in [6, 6.07) is 0. The van der Waals surface area contributed by atoms with Crippen LogP contribution in [0.25, 0.3) is 0 Å². The van der Waals surface area contributed by atoms with E-state index in [1.807, 2.05) is 0 Å². The summed E-state index contributed by atoms with van der Waals surface area (Å²) in [5.74, 6) is 2.11. The Bertz CT molecular complexity index is 233. The van der Waals surface area contributed by atoms with Gasteiger partial charge in [-0.1, -0.05) is 40.5 Å². The van der Waals surface area contributed by atoms with Crippen molar-refractivity contribution in [1.29, 1.82) is 0 Å². The molecule has 4 unspecified atom stereocenters. The largest absolute Gasteiger partial charge is 0.389 e. The van der Waals surface area contributed by atoms with Gasteiger partial charge in [0.1, 0.15) is 0 Å². The first-order chi connectivity index (χ1) is 8.99. The molecule has 0 aromatic carbocycles. The number of aliphatic hydroxyl groups is 1. The fourth-order valence-corrected chi connectivity index (χ4v) is 2.55. The van der Waals surface area contributed by atoms with Crippen LogP contribution in [0.4, 0.5) is 0 Å². The number of aliphatic hydroxyl groups excluding tert-OH is 1. The normalized spacial score (nSPS) is 27.5. The summed E-state index contributed by atoms with van der Waals surface area (Å²) in [4.78, 5) is 0. The summed E-state index contributed by atoms with van der Waals surface area (Å²) in [5, 5.41) is 13.2. The van der Waals surface area contributed by atoms with Crippen LogP contribution in [-0.4, -0.2) is 37.0 Å². The topological polar surface area (TPSA) is 41.5 Å². The molecule has 1 rings (SSSR count). The molecule has 4 atom stereocenters. The van der Waals surface area contributed by atoms with Crippen LogP contribution in [0.15, 0.2) is 0 Å². The fraction of sp³-hybridized carbons (Fsp3) is 1.00. The molecule has 0 spiro atoms. The van der Waals surface area contributed by atoms with Crippen LogP contribution in [0.2, 0.25) is 0 Å². The second-order valence-electron chi connectivity index (χ2n) is 6.76. The minimum atomic E-state index is -0.378. The van der Waals surface area contributed by atoms with E-state index in [1.165, 1.54) is 12.8 Å². The highest BCUT2D eigenvalue weighted by Crippen LogP contribution is 2.25. The van der Waals surface area contributed by atoms with Gasteiger partial charge in [-0.25, -0.2) is 0 Å². The van der Waals surface area contributed by atoms with Gasteiger partial charge in [0.15, 0.2) is 0 Å². The molecule has 0 amide bonds. The molecule has 0 aromatic rings. The van der Waals surface area contributed by atoms with Gasteiger partial charge in [0.05, 0.1) is 18.8 Å². The average Bonchev–Trinajstić information content (AvgIpc) is 2.36. The van der Waals surface area contributed by atoms with Crippen molar-refractivity contribution in [3.05, 3.63) is 0 Å². The van der Waals surface area contributed by atoms with Crippen LogP contribution in [0, 0.1) is 17.8 Å². The lowest BCUT2D eigenvalue weighted by atomic mass is 9.89. The van der Waals surface area contributed by atoms with E-state index >= 15 is 0 Å². The number of hydrogen-bond donors (Lipinski definition) is 2. The van der Waals surface area contributed by atoms with E-state index in [2.05, 4.69) is 33.0 Å². The van der Waals surface area contributed by atoms with Crippen LogP contribution in [0.3, 0.4) is 0 Å². The Morgan fingerprint density at radius 2 is 1.95 bits per heavy atom. The van der Waals surface area contributed by atoms with Crippen molar-refractivity contribution in [1.82, 2.24) is 5.32 Å². The maximum atomic E-state index is 9.91. The predicted octanol–water partition coefficient (Wildman–Crippen LogP) is 2.82. The highest BCUT2D eigenvalue weighted by atomic mass is 16.5. The second-order valence-corrected chi connectivity index (χ2v) is 6.76. The summed E-state index contributed by atoms with van der Waals surface area (Å²) in [5.41, 5.74) is 0. The lowest BCUT2D eigenvalue weighted by molar-refractivity contribution is -0.0307. The second kappa shape index (κ2) is 8.93. The van der Waals surface area contributed by atoms with Gasteiger partial charge in [0, 0.05) is 6.54 Å². The van der Waals surface area contributed by atoms with Crippen LogP contribution in [0.1, 0.15) is 53.4 Å². The van der Waals surface area contributed by atoms with E-state index in [0.717, 1.165) is 25.3 Å². The molecule has 0 radical (unpaired) electrons. The zero-order valence-corrected chi connectivity index (χ0v) is 13.2. The maximum absolute atomic E-state index is 9.91. The van der Waals surface area contributed by atoms with Crippen molar-refractivity contribution in [3.8, 4) is 0 Å². The summed E-state index contributed by atoms with van der Waals surface area (Å²) >= 11 is 0. The van der Waals surface area contributed by atoms with Crippen molar-refractivity contribution < 1.29 is 9.84 Å². The molecular formula is C16H33NO2. The lowest BCUT2D eigenvalue weighted by Crippen LogP contribution is -2.35. The third kappa shape index (κ3) is 7.28. The molecule has 114 valence electrons. The van der Waals surface area contributed by atoms with E-state index in [0.29, 0.717) is 31.1 Å². The first-order valence-electron chi connectivity index (χ1n) is 7.99. The molecule has 3 nitrogen and oxygen atoms in total. The fourth-order valence-electron chi connectivity index (χ4n) is 2.55. The van der Waals surface area contributed by atoms with E-state index in [4.69, 9.17) is 4.74 Å². The minimum absolute atomic E-state index is 0.369. The Balaban J connectivity index is 2.05. The van der Waals surface area contributed by atoms with E-state index in [9.17, 15) is 5.11 Å². The van der Waals surface area contributed by atoms with Crippen LogP contribution in [-0.2, 0) is 4.74 Å². The van der Waals surface area contributed by atoms with Crippen molar-refractivity contribution in [2.24, 2.45) is 17.8 Å². The highest BCUT2D eigenvalue weighted by Gasteiger charge is 2.20. The Kier molecular flexibility index (Phi) is 7.96. The van der Waals surface area contributed by atoms with Gasteiger partial charge in [-0.15, -0.1) is 0 Å². The summed E-state index contributed by atoms with van der Waals surface area (Å²) < 4.78 is 5.83. The van der Waals surface area contributed by atoms with E-state index in [-0.39, 0.29) is 6.10 Å². The molecule has 1 fully saturated rings. The number of rotatable bonds is 8. The van der Waals surface area contributed by atoms with Crippen molar-refractivity contribution in [3.63, 3.8) is 0 Å². The van der Waals surface area contributed by atoms with E-state index in [1.54, 1.807) is 0 Å². The average molecular weight is 271 g/mol. The Morgan fingerprint density at radius 1 is 1.21 bits per heavy atom. The van der Waals surface area contributed by atoms with Gasteiger partial charge < -0.3 is 15.2 Å². The highest BCUT2D eigenvalue weighted by molar-refractivity contribution is 4.71. The number of nitrogens with one attached hydrogen (secondary N) is 1. The molecule has 0 bridgehead atoms. The molecule has 0 saturated heterocycles. The quantitative estimate of drug-likeness (QED) is 0.713. The molecule has 1 saturated carbocycles. The maximum Gasteiger partial charge on any atom is 0.0897 e. The first kappa shape index (κ1) is 16.9. The monoisotopic (exact) mass is 271 g/mol. The molecule has 0 heterocycles. The molecular weight excluding hydrogens is 238 g/mol. The molecule has 3 heteroatoms. The smallest absolute Gasteiger partial charge is 0.0897 e. The van der Waals surface area contributed by atoms with Crippen LogP contribution >= 0.6 is 0 Å². The third-order valence-corrected chi connectivity index (χ3v) is 4.40. The Labute approximate surface area is 119 Å². The standard InChI is InChI=1S/C16H33NO2/c1-12(2)14(4)9-17-10-15(18)11-19-16-7-5-6-13(3)8-16/h12-18H,5-11H2,1-4H3. The summed E-state index contributed by atoms with van der Waals surface area (Å²) in [6.45, 7) is 11.1. The van der Waals surface area contributed by atoms with Crippen molar-refractivity contribution in [2.75, 3.05) is 19.7 Å². The van der Waals surface area contributed by atoms with Gasteiger partial charge in [-0.05, 0) is 37.1 Å². The first-order valence-corrected chi connectivity index (χ1v) is 7.99. The Morgan fingerprint density at radius 3 is 2.58 bits per heavy atom. The van der Waals surface area contributed by atoms with Gasteiger partial charge >= 0.3 is 0 Å². The Hall–Kier alpha value is -0.120. The number of hydrogen-bond acceptors (Lipinski definition) is 3. The zero-order chi connectivity index (χ0) is 14.3. The zero-order valence-electron chi connectivity index (χ0n) is 13.2. The van der Waals surface area contributed by atoms with E-state index < -0.39 is 0 Å². The molecule has 2 N–H and O–H groups in total. The van der Waals surface area contributed by atoms with Crippen molar-refractivity contribution in [2.45, 2.75) is 65.6 Å². The number of ether oxygens (including phenoxy) is 1. The van der Waals surface area contributed by atoms with Gasteiger partial charge in [-0.3, -0.25) is 0 Å². The summed E-state index contributed by atoms with van der Waals surface area (Å²) in [7, 11) is 0. The van der Waals surface area contributed by atoms with Gasteiger partial charge in [0.25, 0.3) is 0 Å². The molecule has 0 aliphatic heterocycles. The van der Waals surface area contributed by atoms with Gasteiger partial charge in [-0.2, -0.15) is 0 Å². The molecule has 1 aliphatic rings. The summed E-state index contributed by atoms with van der Waals surface area (Å²) in [6.07, 6.45) is 4.91. The van der Waals surface area contributed by atoms with Crippen LogP contribution < -0.4 is 5.32 Å². The molecule has 19 heavy (non-hydrogen) atoms.